The van der Waals surface area contributed by atoms with Gasteiger partial charge in [0.05, 0.1) is 0 Å². The van der Waals surface area contributed by atoms with Crippen LogP contribution < -0.4 is 15.0 Å². The van der Waals surface area contributed by atoms with Crippen molar-refractivity contribution in [3.05, 3.63) is 77.6 Å². The lowest BCUT2D eigenvalue weighted by molar-refractivity contribution is -0.140. The first-order valence-electron chi connectivity index (χ1n) is 12.0. The molecule has 7 nitrogen and oxygen atoms in total. The molecule has 0 atom stereocenters. The van der Waals surface area contributed by atoms with Crippen molar-refractivity contribution >= 4 is 23.2 Å². The molecular formula is C27H29F3N4O3. The van der Waals surface area contributed by atoms with Crippen LogP contribution >= 0.6 is 0 Å². The summed E-state index contributed by atoms with van der Waals surface area (Å²) in [5.41, 5.74) is 1.73. The Morgan fingerprint density at radius 3 is 2.38 bits per heavy atom. The highest BCUT2D eigenvalue weighted by atomic mass is 19.4. The molecule has 37 heavy (non-hydrogen) atoms. The molecule has 1 aliphatic heterocycles. The van der Waals surface area contributed by atoms with E-state index in [4.69, 9.17) is 4.74 Å². The van der Waals surface area contributed by atoms with Gasteiger partial charge in [-0.15, -0.1) is 0 Å². The first-order valence-corrected chi connectivity index (χ1v) is 12.0. The molecule has 1 aromatic heterocycles. The number of H-pyrrole nitrogens is 1. The number of hydrogen-bond donors (Lipinski definition) is 2. The van der Waals surface area contributed by atoms with Crippen molar-refractivity contribution in [1.29, 1.82) is 0 Å². The van der Waals surface area contributed by atoms with Gasteiger partial charge in [-0.1, -0.05) is 18.2 Å². The Hall–Kier alpha value is -3.95. The Kier molecular flexibility index (Phi) is 7.75. The molecule has 2 aromatic carbocycles. The Bertz CT molecular complexity index is 1230. The standard InChI is InChI=1S/C27H29F3N4O3/c1-33(2)21-4-3-5-22(16-21)37-17-25(35)31-20-8-6-18(7-9-20)19-12-14-34(15-13-19)26(36)23-10-11-24(32-23)27(28,29)30/h3-11,16,19,32H,12-15,17H2,1-2H3,(H,31,35). The van der Waals surface area contributed by atoms with Crippen LogP contribution in [0, 0.1) is 0 Å². The molecule has 2 N–H and O–H groups in total. The predicted octanol–water partition coefficient (Wildman–Crippen LogP) is 5.14. The fourth-order valence-corrected chi connectivity index (χ4v) is 4.31. The number of nitrogens with zero attached hydrogens (tertiary/aromatic N) is 2. The lowest BCUT2D eigenvalue weighted by atomic mass is 9.89. The number of rotatable bonds is 7. The highest BCUT2D eigenvalue weighted by Crippen LogP contribution is 2.31. The SMILES string of the molecule is CN(C)c1cccc(OCC(=O)Nc2ccc(C3CCN(C(=O)c4ccc(C(F)(F)F)[nH]4)CC3)cc2)c1. The van der Waals surface area contributed by atoms with Gasteiger partial charge in [-0.05, 0) is 60.7 Å². The largest absolute Gasteiger partial charge is 0.484 e. The van der Waals surface area contributed by atoms with Crippen LogP contribution in [0.1, 0.15) is 40.5 Å². The topological polar surface area (TPSA) is 77.7 Å². The molecule has 10 heteroatoms. The molecule has 0 spiro atoms. The van der Waals surface area contributed by atoms with Crippen molar-refractivity contribution < 1.29 is 27.5 Å². The number of ether oxygens (including phenoxy) is 1. The number of amides is 2. The van der Waals surface area contributed by atoms with Crippen LogP contribution in [0.2, 0.25) is 0 Å². The molecule has 0 radical (unpaired) electrons. The van der Waals surface area contributed by atoms with E-state index in [-0.39, 0.29) is 24.1 Å². The van der Waals surface area contributed by atoms with Crippen molar-refractivity contribution in [2.75, 3.05) is 44.0 Å². The lowest BCUT2D eigenvalue weighted by Crippen LogP contribution is -2.38. The number of halogens is 3. The van der Waals surface area contributed by atoms with Crippen LogP contribution in [0.3, 0.4) is 0 Å². The lowest BCUT2D eigenvalue weighted by Gasteiger charge is -2.32. The predicted molar refractivity (Wildman–Crippen MR) is 135 cm³/mol. The molecule has 2 heterocycles. The maximum atomic E-state index is 12.8. The van der Waals surface area contributed by atoms with Gasteiger partial charge in [0.15, 0.2) is 6.61 Å². The number of aromatic amines is 1. The summed E-state index contributed by atoms with van der Waals surface area (Å²) < 4.78 is 44.0. The second-order valence-electron chi connectivity index (χ2n) is 9.20. The van der Waals surface area contributed by atoms with Crippen LogP contribution in [0.5, 0.6) is 5.75 Å². The van der Waals surface area contributed by atoms with Crippen molar-refractivity contribution in [1.82, 2.24) is 9.88 Å². The van der Waals surface area contributed by atoms with E-state index in [9.17, 15) is 22.8 Å². The van der Waals surface area contributed by atoms with Crippen LogP contribution in [0.15, 0.2) is 60.7 Å². The summed E-state index contributed by atoms with van der Waals surface area (Å²) in [6.07, 6.45) is -3.11. The van der Waals surface area contributed by atoms with Gasteiger partial charge < -0.3 is 24.8 Å². The van der Waals surface area contributed by atoms with Gasteiger partial charge >= 0.3 is 6.18 Å². The third-order valence-corrected chi connectivity index (χ3v) is 6.37. The number of alkyl halides is 3. The van der Waals surface area contributed by atoms with Gasteiger partial charge in [0.25, 0.3) is 11.8 Å². The molecule has 196 valence electrons. The van der Waals surface area contributed by atoms with Crippen LogP contribution in [0.4, 0.5) is 24.5 Å². The van der Waals surface area contributed by atoms with Gasteiger partial charge in [-0.2, -0.15) is 13.2 Å². The van der Waals surface area contributed by atoms with E-state index in [1.807, 2.05) is 61.5 Å². The summed E-state index contributed by atoms with van der Waals surface area (Å²) in [6, 6.07) is 17.1. The Balaban J connectivity index is 1.25. The Labute approximate surface area is 213 Å². The van der Waals surface area contributed by atoms with Crippen molar-refractivity contribution in [3.8, 4) is 5.75 Å². The summed E-state index contributed by atoms with van der Waals surface area (Å²) in [6.45, 7) is 0.792. The molecule has 3 aromatic rings. The molecular weight excluding hydrogens is 485 g/mol. The zero-order chi connectivity index (χ0) is 26.6. The van der Waals surface area contributed by atoms with Crippen LogP contribution in [-0.4, -0.2) is 55.5 Å². The number of aromatic nitrogens is 1. The number of benzene rings is 2. The Morgan fingerprint density at radius 2 is 1.76 bits per heavy atom. The zero-order valence-corrected chi connectivity index (χ0v) is 20.6. The minimum Gasteiger partial charge on any atom is -0.484 e. The van der Waals surface area contributed by atoms with E-state index in [2.05, 4.69) is 10.3 Å². The molecule has 0 unspecified atom stereocenters. The van der Waals surface area contributed by atoms with E-state index < -0.39 is 17.8 Å². The van der Waals surface area contributed by atoms with E-state index in [0.717, 1.165) is 17.3 Å². The monoisotopic (exact) mass is 514 g/mol. The third kappa shape index (κ3) is 6.63. The summed E-state index contributed by atoms with van der Waals surface area (Å²) in [5.74, 6) is 0.129. The number of hydrogen-bond acceptors (Lipinski definition) is 4. The third-order valence-electron chi connectivity index (χ3n) is 6.37. The number of likely N-dealkylation sites (tertiary alicyclic amines) is 1. The minimum absolute atomic E-state index is 0.0553. The molecule has 0 saturated carbocycles. The molecule has 1 saturated heterocycles. The second kappa shape index (κ2) is 11.0. The molecule has 0 bridgehead atoms. The van der Waals surface area contributed by atoms with Crippen molar-refractivity contribution in [2.45, 2.75) is 24.9 Å². The van der Waals surface area contributed by atoms with Gasteiger partial charge in [-0.3, -0.25) is 9.59 Å². The fraction of sp³-hybridized carbons (Fsp3) is 0.333. The Morgan fingerprint density at radius 1 is 1.05 bits per heavy atom. The van der Waals surface area contributed by atoms with E-state index in [1.165, 1.54) is 6.07 Å². The average molecular weight is 515 g/mol. The minimum atomic E-state index is -4.51. The van der Waals surface area contributed by atoms with Gasteiger partial charge in [0, 0.05) is 44.6 Å². The number of carbonyl (C=O) groups excluding carboxylic acids is 2. The van der Waals surface area contributed by atoms with E-state index in [1.54, 1.807) is 11.0 Å². The van der Waals surface area contributed by atoms with Gasteiger partial charge in [0.2, 0.25) is 0 Å². The maximum absolute atomic E-state index is 12.8. The molecule has 1 fully saturated rings. The maximum Gasteiger partial charge on any atom is 0.431 e. The summed E-state index contributed by atoms with van der Waals surface area (Å²) >= 11 is 0. The van der Waals surface area contributed by atoms with Crippen molar-refractivity contribution in [2.24, 2.45) is 0 Å². The van der Waals surface area contributed by atoms with E-state index in [0.29, 0.717) is 37.4 Å². The first kappa shape index (κ1) is 26.1. The van der Waals surface area contributed by atoms with Crippen LogP contribution in [-0.2, 0) is 11.0 Å². The van der Waals surface area contributed by atoms with Gasteiger partial charge in [0.1, 0.15) is 17.1 Å². The molecule has 1 aliphatic rings. The second-order valence-corrected chi connectivity index (χ2v) is 9.20. The normalized spacial score (nSPS) is 14.4. The number of piperidine rings is 1. The number of carbonyl (C=O) groups is 2. The quantitative estimate of drug-likeness (QED) is 0.458. The van der Waals surface area contributed by atoms with Gasteiger partial charge in [-0.25, -0.2) is 0 Å². The molecule has 2 amide bonds. The number of anilines is 2. The number of nitrogens with one attached hydrogen (secondary N) is 2. The zero-order valence-electron chi connectivity index (χ0n) is 20.6. The summed E-state index contributed by atoms with van der Waals surface area (Å²) in [7, 11) is 3.86. The molecule has 0 aliphatic carbocycles. The smallest absolute Gasteiger partial charge is 0.431 e. The fourth-order valence-electron chi connectivity index (χ4n) is 4.31. The van der Waals surface area contributed by atoms with E-state index >= 15 is 0 Å². The van der Waals surface area contributed by atoms with Crippen molar-refractivity contribution in [3.63, 3.8) is 0 Å². The average Bonchev–Trinajstić information content (AvgIpc) is 3.39. The highest BCUT2D eigenvalue weighted by Gasteiger charge is 2.33. The summed E-state index contributed by atoms with van der Waals surface area (Å²) in [5, 5.41) is 2.82. The summed E-state index contributed by atoms with van der Waals surface area (Å²) in [4.78, 5) is 30.6. The van der Waals surface area contributed by atoms with Crippen LogP contribution in [0.25, 0.3) is 0 Å². The first-order chi connectivity index (χ1) is 17.6. The highest BCUT2D eigenvalue weighted by molar-refractivity contribution is 5.93. The molecule has 4 rings (SSSR count).